The van der Waals surface area contributed by atoms with Crippen LogP contribution in [-0.2, 0) is 0 Å². The van der Waals surface area contributed by atoms with E-state index in [9.17, 15) is 0 Å². The zero-order chi connectivity index (χ0) is 12.1. The van der Waals surface area contributed by atoms with Crippen LogP contribution in [0.25, 0.3) is 0 Å². The van der Waals surface area contributed by atoms with Crippen LogP contribution in [0.2, 0.25) is 0 Å². The maximum Gasteiger partial charge on any atom is 0.0464 e. The molecule has 0 aliphatic heterocycles. The lowest BCUT2D eigenvalue weighted by molar-refractivity contribution is 0.514. The average Bonchev–Trinajstić information content (AvgIpc) is 2.16. The third kappa shape index (κ3) is 3.76. The predicted octanol–water partition coefficient (Wildman–Crippen LogP) is 2.56. The molecule has 0 aromatic carbocycles. The van der Waals surface area contributed by atoms with Crippen molar-refractivity contribution < 1.29 is 0 Å². The standard InChI is InChI=1S/C13H21N3/c1-9(2)5-6-13(16-14)12-7-10(3)15-11(4)8-12/h7-8,13,16H,1,5-6,14H2,2-4H3. The van der Waals surface area contributed by atoms with Gasteiger partial charge in [0.05, 0.1) is 0 Å². The highest BCUT2D eigenvalue weighted by molar-refractivity contribution is 5.23. The number of nitrogens with one attached hydrogen (secondary N) is 1. The number of hydrazine groups is 1. The van der Waals surface area contributed by atoms with Gasteiger partial charge in [-0.1, -0.05) is 5.57 Å². The van der Waals surface area contributed by atoms with Gasteiger partial charge in [-0.25, -0.2) is 0 Å². The quantitative estimate of drug-likeness (QED) is 0.454. The minimum atomic E-state index is 0.178. The molecule has 0 spiro atoms. The van der Waals surface area contributed by atoms with Crippen LogP contribution in [0.3, 0.4) is 0 Å². The molecule has 1 rings (SSSR count). The SMILES string of the molecule is C=C(C)CCC(NN)c1cc(C)nc(C)c1. The van der Waals surface area contributed by atoms with Crippen molar-refractivity contribution >= 4 is 0 Å². The summed E-state index contributed by atoms with van der Waals surface area (Å²) in [6, 6.07) is 4.34. The van der Waals surface area contributed by atoms with Crippen LogP contribution in [0.1, 0.15) is 42.8 Å². The molecule has 16 heavy (non-hydrogen) atoms. The lowest BCUT2D eigenvalue weighted by atomic mass is 10.00. The smallest absolute Gasteiger partial charge is 0.0464 e. The van der Waals surface area contributed by atoms with Crippen molar-refractivity contribution in [3.63, 3.8) is 0 Å². The molecule has 0 bridgehead atoms. The first-order chi connectivity index (χ1) is 7.52. The minimum absolute atomic E-state index is 0.178. The molecule has 0 amide bonds. The Morgan fingerprint density at radius 3 is 2.44 bits per heavy atom. The summed E-state index contributed by atoms with van der Waals surface area (Å²) in [6.45, 7) is 9.95. The second-order valence-electron chi connectivity index (χ2n) is 4.40. The number of pyridine rings is 1. The second-order valence-corrected chi connectivity index (χ2v) is 4.40. The number of allylic oxidation sites excluding steroid dienone is 1. The fourth-order valence-corrected chi connectivity index (χ4v) is 1.80. The van der Waals surface area contributed by atoms with E-state index in [1.165, 1.54) is 11.1 Å². The highest BCUT2D eigenvalue weighted by Gasteiger charge is 2.10. The molecule has 3 N–H and O–H groups in total. The summed E-state index contributed by atoms with van der Waals surface area (Å²) in [7, 11) is 0. The largest absolute Gasteiger partial charge is 0.271 e. The lowest BCUT2D eigenvalue weighted by Crippen LogP contribution is -2.28. The van der Waals surface area contributed by atoms with Crippen molar-refractivity contribution in [1.29, 1.82) is 0 Å². The van der Waals surface area contributed by atoms with Crippen molar-refractivity contribution in [3.8, 4) is 0 Å². The number of rotatable bonds is 5. The van der Waals surface area contributed by atoms with E-state index in [1.54, 1.807) is 0 Å². The van der Waals surface area contributed by atoms with E-state index >= 15 is 0 Å². The number of nitrogens with two attached hydrogens (primary N) is 1. The molecule has 0 fully saturated rings. The molecular weight excluding hydrogens is 198 g/mol. The summed E-state index contributed by atoms with van der Waals surface area (Å²) in [6.07, 6.45) is 1.95. The zero-order valence-corrected chi connectivity index (χ0v) is 10.4. The van der Waals surface area contributed by atoms with Gasteiger partial charge >= 0.3 is 0 Å². The fraction of sp³-hybridized carbons (Fsp3) is 0.462. The Hall–Kier alpha value is -1.19. The Bertz CT molecular complexity index is 351. The first-order valence-electron chi connectivity index (χ1n) is 5.58. The van der Waals surface area contributed by atoms with Gasteiger partial charge < -0.3 is 0 Å². The number of hydrogen-bond acceptors (Lipinski definition) is 3. The van der Waals surface area contributed by atoms with Crippen LogP contribution < -0.4 is 11.3 Å². The monoisotopic (exact) mass is 219 g/mol. The van der Waals surface area contributed by atoms with Gasteiger partial charge in [0.25, 0.3) is 0 Å². The molecule has 3 nitrogen and oxygen atoms in total. The van der Waals surface area contributed by atoms with Crippen LogP contribution in [-0.4, -0.2) is 4.98 Å². The Morgan fingerprint density at radius 1 is 1.44 bits per heavy atom. The highest BCUT2D eigenvalue weighted by Crippen LogP contribution is 2.20. The maximum atomic E-state index is 5.59. The van der Waals surface area contributed by atoms with Crippen LogP contribution >= 0.6 is 0 Å². The van der Waals surface area contributed by atoms with Gasteiger partial charge in [0.2, 0.25) is 0 Å². The Kier molecular flexibility index (Phi) is 4.65. The van der Waals surface area contributed by atoms with Crippen molar-refractivity contribution in [2.75, 3.05) is 0 Å². The zero-order valence-electron chi connectivity index (χ0n) is 10.4. The van der Waals surface area contributed by atoms with E-state index < -0.39 is 0 Å². The van der Waals surface area contributed by atoms with Gasteiger partial charge in [0, 0.05) is 17.4 Å². The van der Waals surface area contributed by atoms with Gasteiger partial charge in [-0.05, 0) is 51.3 Å². The van der Waals surface area contributed by atoms with Gasteiger partial charge in [-0.3, -0.25) is 16.3 Å². The average molecular weight is 219 g/mol. The lowest BCUT2D eigenvalue weighted by Gasteiger charge is -2.17. The summed E-state index contributed by atoms with van der Waals surface area (Å²) in [4.78, 5) is 4.36. The predicted molar refractivity (Wildman–Crippen MR) is 67.8 cm³/mol. The van der Waals surface area contributed by atoms with E-state index in [2.05, 4.69) is 29.1 Å². The second kappa shape index (κ2) is 5.77. The molecule has 1 aromatic heterocycles. The number of hydrogen-bond donors (Lipinski definition) is 2. The van der Waals surface area contributed by atoms with E-state index in [0.29, 0.717) is 0 Å². The summed E-state index contributed by atoms with van der Waals surface area (Å²) in [5, 5.41) is 0. The molecule has 1 atom stereocenters. The molecule has 88 valence electrons. The first kappa shape index (κ1) is 12.9. The first-order valence-corrected chi connectivity index (χ1v) is 5.58. The van der Waals surface area contributed by atoms with Gasteiger partial charge in [0.1, 0.15) is 0 Å². The minimum Gasteiger partial charge on any atom is -0.271 e. The van der Waals surface area contributed by atoms with Gasteiger partial charge in [-0.2, -0.15) is 0 Å². The topological polar surface area (TPSA) is 50.9 Å². The van der Waals surface area contributed by atoms with E-state index in [1.807, 2.05) is 20.8 Å². The van der Waals surface area contributed by atoms with Crippen LogP contribution in [0, 0.1) is 13.8 Å². The van der Waals surface area contributed by atoms with Crippen molar-refractivity contribution in [1.82, 2.24) is 10.4 Å². The van der Waals surface area contributed by atoms with Gasteiger partial charge in [0.15, 0.2) is 0 Å². The molecule has 1 heterocycles. The number of nitrogens with zero attached hydrogens (tertiary/aromatic N) is 1. The van der Waals surface area contributed by atoms with E-state index in [0.717, 1.165) is 24.2 Å². The van der Waals surface area contributed by atoms with Crippen LogP contribution in [0.5, 0.6) is 0 Å². The molecule has 0 aliphatic carbocycles. The molecule has 3 heteroatoms. The molecule has 0 saturated carbocycles. The summed E-state index contributed by atoms with van der Waals surface area (Å²) < 4.78 is 0. The molecule has 0 radical (unpaired) electrons. The summed E-state index contributed by atoms with van der Waals surface area (Å²) in [5.41, 5.74) is 7.31. The molecule has 0 saturated heterocycles. The fourth-order valence-electron chi connectivity index (χ4n) is 1.80. The molecular formula is C13H21N3. The third-order valence-electron chi connectivity index (χ3n) is 2.57. The molecule has 1 aromatic rings. The third-order valence-corrected chi connectivity index (χ3v) is 2.57. The summed E-state index contributed by atoms with van der Waals surface area (Å²) in [5.74, 6) is 5.59. The molecule has 0 aliphatic rings. The highest BCUT2D eigenvalue weighted by atomic mass is 15.2. The van der Waals surface area contributed by atoms with Crippen LogP contribution in [0.15, 0.2) is 24.3 Å². The van der Waals surface area contributed by atoms with E-state index in [4.69, 9.17) is 5.84 Å². The van der Waals surface area contributed by atoms with Crippen molar-refractivity contribution in [2.45, 2.75) is 39.7 Å². The Morgan fingerprint density at radius 2 is 2.00 bits per heavy atom. The van der Waals surface area contributed by atoms with Crippen molar-refractivity contribution in [3.05, 3.63) is 41.2 Å². The van der Waals surface area contributed by atoms with Crippen molar-refractivity contribution in [2.24, 2.45) is 5.84 Å². The molecule has 1 unspecified atom stereocenters. The summed E-state index contributed by atoms with van der Waals surface area (Å²) >= 11 is 0. The normalized spacial score (nSPS) is 12.5. The Balaban J connectivity index is 2.81. The van der Waals surface area contributed by atoms with Crippen LogP contribution in [0.4, 0.5) is 0 Å². The number of aromatic nitrogens is 1. The Labute approximate surface area is 97.7 Å². The number of aryl methyl sites for hydroxylation is 2. The van der Waals surface area contributed by atoms with E-state index in [-0.39, 0.29) is 6.04 Å². The maximum absolute atomic E-state index is 5.59. The van der Waals surface area contributed by atoms with Gasteiger partial charge in [-0.15, -0.1) is 6.58 Å².